The van der Waals surface area contributed by atoms with Gasteiger partial charge in [0, 0.05) is 31.2 Å². The normalized spacial score (nSPS) is 15.9. The number of nitrogens with zero attached hydrogens (tertiary/aromatic N) is 1. The molecule has 170 valence electrons. The van der Waals surface area contributed by atoms with Crippen molar-refractivity contribution in [3.05, 3.63) is 59.3 Å². The van der Waals surface area contributed by atoms with Crippen LogP contribution in [0.15, 0.2) is 42.6 Å². The molecule has 4 rings (SSSR count). The minimum Gasteiger partial charge on any atom is -0.366 e. The van der Waals surface area contributed by atoms with Crippen LogP contribution in [0.5, 0.6) is 0 Å². The van der Waals surface area contributed by atoms with E-state index < -0.39 is 15.9 Å². The summed E-state index contributed by atoms with van der Waals surface area (Å²) in [5.41, 5.74) is 11.2. The van der Waals surface area contributed by atoms with E-state index in [4.69, 9.17) is 5.73 Å². The first-order chi connectivity index (χ1) is 15.4. The van der Waals surface area contributed by atoms with Gasteiger partial charge in [-0.3, -0.25) is 4.79 Å². The molecular formula is C24H30N4O3S. The molecule has 1 fully saturated rings. The highest BCUT2D eigenvalue weighted by Gasteiger charge is 2.29. The van der Waals surface area contributed by atoms with Crippen LogP contribution in [0.2, 0.25) is 0 Å². The highest BCUT2D eigenvalue weighted by Crippen LogP contribution is 2.37. The van der Waals surface area contributed by atoms with E-state index in [0.717, 1.165) is 46.0 Å². The number of aromatic amines is 1. The van der Waals surface area contributed by atoms with Crippen LogP contribution in [0, 0.1) is 0 Å². The number of carbonyl (C=O) groups excluding carboxylic acids is 1. The van der Waals surface area contributed by atoms with Crippen molar-refractivity contribution in [3.8, 4) is 11.1 Å². The third-order valence-electron chi connectivity index (χ3n) is 6.43. The molecular weight excluding hydrogens is 424 g/mol. The first kappa shape index (κ1) is 22.5. The van der Waals surface area contributed by atoms with Crippen LogP contribution in [0.4, 0.5) is 0 Å². The lowest BCUT2D eigenvalue weighted by Gasteiger charge is -2.31. The lowest BCUT2D eigenvalue weighted by Crippen LogP contribution is -2.38. The van der Waals surface area contributed by atoms with Crippen molar-refractivity contribution in [2.75, 3.05) is 25.9 Å². The Hall–Kier alpha value is -2.68. The van der Waals surface area contributed by atoms with Gasteiger partial charge in [-0.1, -0.05) is 24.3 Å². The number of fused-ring (bicyclic) bond motifs is 1. The zero-order valence-corrected chi connectivity index (χ0v) is 19.3. The lowest BCUT2D eigenvalue weighted by molar-refractivity contribution is 0.100. The molecule has 1 aliphatic rings. The Labute approximate surface area is 189 Å². The Morgan fingerprint density at radius 2 is 1.94 bits per heavy atom. The smallest absolute Gasteiger partial charge is 0.250 e. The molecule has 2 aromatic carbocycles. The van der Waals surface area contributed by atoms with Gasteiger partial charge in [0.25, 0.3) is 5.91 Å². The predicted octanol–water partition coefficient (Wildman–Crippen LogP) is 3.18. The number of hydrogen-bond acceptors (Lipinski definition) is 4. The maximum Gasteiger partial charge on any atom is 0.250 e. The van der Waals surface area contributed by atoms with Crippen molar-refractivity contribution in [1.29, 1.82) is 0 Å². The molecule has 1 aliphatic heterocycles. The van der Waals surface area contributed by atoms with Crippen LogP contribution in [0.25, 0.3) is 22.0 Å². The summed E-state index contributed by atoms with van der Waals surface area (Å²) in [6.45, 7) is 3.42. The standard InChI is InChI=1S/C24H30N4O3S/c1-3-32(30,31)28-10-8-16(9-11-28)22-15-27-23-20(22)12-18(13-21(23)24(25)29)19-7-5-4-6-17(19)14-26-2/h4-7,12-13,15-16,26-27H,3,8-11,14H2,1-2H3,(H2,25,29). The molecule has 0 bridgehead atoms. The first-order valence-corrected chi connectivity index (χ1v) is 12.6. The Morgan fingerprint density at radius 1 is 1.22 bits per heavy atom. The fourth-order valence-electron chi connectivity index (χ4n) is 4.71. The number of piperidine rings is 1. The molecule has 0 spiro atoms. The lowest BCUT2D eigenvalue weighted by atomic mass is 9.88. The topological polar surface area (TPSA) is 108 Å². The number of H-pyrrole nitrogens is 1. The third kappa shape index (κ3) is 4.18. The molecule has 0 aliphatic carbocycles. The van der Waals surface area contributed by atoms with E-state index in [2.05, 4.69) is 28.5 Å². The number of nitrogens with two attached hydrogens (primary N) is 1. The van der Waals surface area contributed by atoms with E-state index in [0.29, 0.717) is 25.2 Å². The number of sulfonamides is 1. The summed E-state index contributed by atoms with van der Waals surface area (Å²) in [6, 6.07) is 12.1. The summed E-state index contributed by atoms with van der Waals surface area (Å²) in [7, 11) is -1.26. The van der Waals surface area contributed by atoms with Crippen molar-refractivity contribution in [3.63, 3.8) is 0 Å². The summed E-state index contributed by atoms with van der Waals surface area (Å²) in [4.78, 5) is 15.6. The summed E-state index contributed by atoms with van der Waals surface area (Å²) >= 11 is 0. The van der Waals surface area contributed by atoms with Crippen LogP contribution in [0.1, 0.15) is 47.2 Å². The maximum atomic E-state index is 12.3. The first-order valence-electron chi connectivity index (χ1n) is 11.0. The van der Waals surface area contributed by atoms with Crippen LogP contribution < -0.4 is 11.1 Å². The van der Waals surface area contributed by atoms with Crippen LogP contribution in [-0.2, 0) is 16.6 Å². The van der Waals surface area contributed by atoms with Crippen LogP contribution >= 0.6 is 0 Å². The van der Waals surface area contributed by atoms with Crippen molar-refractivity contribution >= 4 is 26.8 Å². The SMILES string of the molecule is CCS(=O)(=O)N1CCC(c2c[nH]c3c(C(N)=O)cc(-c4ccccc4CNC)cc23)CC1. The van der Waals surface area contributed by atoms with E-state index in [1.165, 1.54) is 0 Å². The molecule has 1 aromatic heterocycles. The monoisotopic (exact) mass is 454 g/mol. The second-order valence-electron chi connectivity index (χ2n) is 8.32. The largest absolute Gasteiger partial charge is 0.366 e. The van der Waals surface area contributed by atoms with E-state index in [-0.39, 0.29) is 11.7 Å². The van der Waals surface area contributed by atoms with Gasteiger partial charge in [0.05, 0.1) is 16.8 Å². The second kappa shape index (κ2) is 9.05. The Kier molecular flexibility index (Phi) is 6.37. The molecule has 0 atom stereocenters. The molecule has 7 nitrogen and oxygen atoms in total. The molecule has 0 saturated carbocycles. The number of carbonyl (C=O) groups is 1. The summed E-state index contributed by atoms with van der Waals surface area (Å²) < 4.78 is 26.0. The van der Waals surface area contributed by atoms with Gasteiger partial charge < -0.3 is 16.0 Å². The number of aromatic nitrogens is 1. The number of hydrogen-bond donors (Lipinski definition) is 3. The van der Waals surface area contributed by atoms with Crippen molar-refractivity contribution in [1.82, 2.24) is 14.6 Å². The summed E-state index contributed by atoms with van der Waals surface area (Å²) in [5, 5.41) is 4.18. The summed E-state index contributed by atoms with van der Waals surface area (Å²) in [5.74, 6) is -0.127. The van der Waals surface area contributed by atoms with Gasteiger partial charge in [0.1, 0.15) is 0 Å². The molecule has 0 radical (unpaired) electrons. The van der Waals surface area contributed by atoms with Crippen molar-refractivity contribution < 1.29 is 13.2 Å². The van der Waals surface area contributed by atoms with Crippen LogP contribution in [0.3, 0.4) is 0 Å². The van der Waals surface area contributed by atoms with Crippen LogP contribution in [-0.4, -0.2) is 49.5 Å². The number of benzene rings is 2. The highest BCUT2D eigenvalue weighted by molar-refractivity contribution is 7.89. The molecule has 3 aromatic rings. The highest BCUT2D eigenvalue weighted by atomic mass is 32.2. The zero-order valence-electron chi connectivity index (χ0n) is 18.5. The van der Waals surface area contributed by atoms with Gasteiger partial charge in [-0.2, -0.15) is 0 Å². The molecule has 32 heavy (non-hydrogen) atoms. The Balaban J connectivity index is 1.76. The Bertz CT molecular complexity index is 1240. The average molecular weight is 455 g/mol. The van der Waals surface area contributed by atoms with Gasteiger partial charge in [-0.15, -0.1) is 0 Å². The number of primary amides is 1. The Morgan fingerprint density at radius 3 is 2.59 bits per heavy atom. The van der Waals surface area contributed by atoms with E-state index in [1.54, 1.807) is 11.2 Å². The fourth-order valence-corrected chi connectivity index (χ4v) is 5.85. The molecule has 0 unspecified atom stereocenters. The minimum absolute atomic E-state index is 0.127. The van der Waals surface area contributed by atoms with Gasteiger partial charge in [-0.25, -0.2) is 12.7 Å². The van der Waals surface area contributed by atoms with Gasteiger partial charge in [-0.05, 0) is 67.1 Å². The quantitative estimate of drug-likeness (QED) is 0.509. The van der Waals surface area contributed by atoms with Crippen molar-refractivity contribution in [2.24, 2.45) is 5.73 Å². The maximum absolute atomic E-state index is 12.3. The number of nitrogens with one attached hydrogen (secondary N) is 2. The molecule has 4 N–H and O–H groups in total. The summed E-state index contributed by atoms with van der Waals surface area (Å²) in [6.07, 6.45) is 3.45. The van der Waals surface area contributed by atoms with Gasteiger partial charge in [0.15, 0.2) is 0 Å². The second-order valence-corrected chi connectivity index (χ2v) is 10.6. The molecule has 8 heteroatoms. The minimum atomic E-state index is -3.17. The molecule has 1 amide bonds. The number of amides is 1. The van der Waals surface area contributed by atoms with E-state index in [1.807, 2.05) is 31.4 Å². The van der Waals surface area contributed by atoms with E-state index >= 15 is 0 Å². The molecule has 2 heterocycles. The predicted molar refractivity (Wildman–Crippen MR) is 128 cm³/mol. The number of rotatable bonds is 7. The van der Waals surface area contributed by atoms with Gasteiger partial charge in [0.2, 0.25) is 10.0 Å². The average Bonchev–Trinajstić information content (AvgIpc) is 3.23. The molecule has 1 saturated heterocycles. The fraction of sp³-hybridized carbons (Fsp3) is 0.375. The third-order valence-corrected chi connectivity index (χ3v) is 8.32. The zero-order chi connectivity index (χ0) is 22.9. The van der Waals surface area contributed by atoms with E-state index in [9.17, 15) is 13.2 Å². The van der Waals surface area contributed by atoms with Crippen molar-refractivity contribution in [2.45, 2.75) is 32.2 Å². The van der Waals surface area contributed by atoms with Gasteiger partial charge >= 0.3 is 0 Å².